The monoisotopic (exact) mass is 407 g/mol. The quantitative estimate of drug-likeness (QED) is 0.218. The Hall–Kier alpha value is -2.65. The number of carbonyl (C=O) groups excluding carboxylic acids is 2. The zero-order valence-corrected chi connectivity index (χ0v) is 16.3. The molecule has 1 aromatic carbocycles. The molecule has 1 aliphatic heterocycles. The van der Waals surface area contributed by atoms with Gasteiger partial charge in [0.05, 0.1) is 17.7 Å². The second kappa shape index (κ2) is 11.4. The molecule has 29 heavy (non-hydrogen) atoms. The number of nitrogens with zero attached hydrogens (tertiary/aromatic N) is 3. The first-order chi connectivity index (χ1) is 14.0. The van der Waals surface area contributed by atoms with Crippen LogP contribution in [-0.4, -0.2) is 60.9 Å². The van der Waals surface area contributed by atoms with Gasteiger partial charge >= 0.3 is 11.9 Å². The molecule has 1 saturated heterocycles. The maximum atomic E-state index is 12.1. The van der Waals surface area contributed by atoms with Crippen molar-refractivity contribution in [1.29, 1.82) is 0 Å². The van der Waals surface area contributed by atoms with E-state index in [-0.39, 0.29) is 6.61 Å². The highest BCUT2D eigenvalue weighted by atomic mass is 16.7. The molecule has 0 saturated carbocycles. The number of esters is 2. The molecule has 5 atom stereocenters. The Labute approximate surface area is 168 Å². The van der Waals surface area contributed by atoms with Crippen molar-refractivity contribution < 1.29 is 33.6 Å². The molecule has 0 aliphatic carbocycles. The molecule has 1 N–H and O–H groups in total. The minimum atomic E-state index is -1.33. The number of ether oxygens (including phenoxy) is 4. The van der Waals surface area contributed by atoms with E-state index in [2.05, 4.69) is 10.0 Å². The topological polar surface area (TPSA) is 140 Å². The number of carbonyl (C=O) groups is 2. The van der Waals surface area contributed by atoms with Crippen molar-refractivity contribution in [2.24, 2.45) is 5.11 Å². The summed E-state index contributed by atoms with van der Waals surface area (Å²) in [5.41, 5.74) is 9.24. The van der Waals surface area contributed by atoms with Gasteiger partial charge in [0.1, 0.15) is 18.8 Å². The van der Waals surface area contributed by atoms with Gasteiger partial charge in [0.15, 0.2) is 0 Å². The first-order valence-corrected chi connectivity index (χ1v) is 9.36. The summed E-state index contributed by atoms with van der Waals surface area (Å²) in [6, 6.07) is 7.22. The van der Waals surface area contributed by atoms with Crippen LogP contribution >= 0.6 is 0 Å². The molecule has 2 rings (SSSR count). The zero-order chi connectivity index (χ0) is 21.2. The van der Waals surface area contributed by atoms with Gasteiger partial charge in [0.2, 0.25) is 6.29 Å². The summed E-state index contributed by atoms with van der Waals surface area (Å²) in [7, 11) is 0. The number of rotatable bonds is 9. The summed E-state index contributed by atoms with van der Waals surface area (Å²) in [5.74, 6) is -1.23. The van der Waals surface area contributed by atoms with E-state index >= 15 is 0 Å². The number of benzene rings is 1. The molecular formula is C19H25N3O7. The van der Waals surface area contributed by atoms with Crippen molar-refractivity contribution in [3.8, 4) is 0 Å². The average Bonchev–Trinajstić information content (AvgIpc) is 2.71. The third-order valence-corrected chi connectivity index (χ3v) is 4.31. The number of hydrogen-bond donors (Lipinski definition) is 1. The van der Waals surface area contributed by atoms with Crippen LogP contribution in [0.25, 0.3) is 10.4 Å². The van der Waals surface area contributed by atoms with Crippen LogP contribution in [-0.2, 0) is 23.7 Å². The Morgan fingerprint density at radius 1 is 1.31 bits per heavy atom. The van der Waals surface area contributed by atoms with E-state index in [1.54, 1.807) is 30.3 Å². The normalized spacial score (nSPS) is 26.2. The van der Waals surface area contributed by atoms with Crippen molar-refractivity contribution >= 4 is 11.9 Å². The van der Waals surface area contributed by atoms with E-state index in [4.69, 9.17) is 24.5 Å². The van der Waals surface area contributed by atoms with E-state index in [0.717, 1.165) is 12.8 Å². The smallest absolute Gasteiger partial charge is 0.338 e. The Morgan fingerprint density at radius 3 is 2.66 bits per heavy atom. The van der Waals surface area contributed by atoms with Gasteiger partial charge < -0.3 is 24.1 Å². The summed E-state index contributed by atoms with van der Waals surface area (Å²) in [5, 5.41) is 14.2. The van der Waals surface area contributed by atoms with Gasteiger partial charge in [0.25, 0.3) is 0 Å². The SMILES string of the molecule is CCCCOC1[C@@H](OC(C)=O)OC(COC(=O)c2ccccc2)[C@H](O)[C@@H]1N=[N+]=[N-]. The Morgan fingerprint density at radius 2 is 2.03 bits per heavy atom. The third-order valence-electron chi connectivity index (χ3n) is 4.31. The molecule has 1 fully saturated rings. The number of aliphatic hydroxyl groups excluding tert-OH is 1. The summed E-state index contributed by atoms with van der Waals surface area (Å²) in [4.78, 5) is 26.4. The molecule has 1 heterocycles. The maximum Gasteiger partial charge on any atom is 0.338 e. The van der Waals surface area contributed by atoms with Crippen LogP contribution < -0.4 is 0 Å². The molecule has 158 valence electrons. The second-order valence-corrected chi connectivity index (χ2v) is 6.49. The van der Waals surface area contributed by atoms with Gasteiger partial charge in [-0.15, -0.1) is 0 Å². The predicted molar refractivity (Wildman–Crippen MR) is 101 cm³/mol. The van der Waals surface area contributed by atoms with Crippen LogP contribution in [0.3, 0.4) is 0 Å². The van der Waals surface area contributed by atoms with Crippen molar-refractivity contribution in [2.75, 3.05) is 13.2 Å². The van der Waals surface area contributed by atoms with Crippen LogP contribution in [0, 0.1) is 0 Å². The van der Waals surface area contributed by atoms with Crippen LogP contribution in [0.1, 0.15) is 37.0 Å². The fourth-order valence-electron chi connectivity index (χ4n) is 2.85. The summed E-state index contributed by atoms with van der Waals surface area (Å²) in [6.07, 6.45) is -3.03. The Bertz CT molecular complexity index is 724. The molecule has 0 bridgehead atoms. The number of azide groups is 1. The molecule has 10 heteroatoms. The summed E-state index contributed by atoms with van der Waals surface area (Å²) >= 11 is 0. The molecule has 10 nitrogen and oxygen atoms in total. The van der Waals surface area contributed by atoms with Gasteiger partial charge in [-0.1, -0.05) is 36.7 Å². The second-order valence-electron chi connectivity index (χ2n) is 6.49. The predicted octanol–water partition coefficient (Wildman–Crippen LogP) is 2.36. The first-order valence-electron chi connectivity index (χ1n) is 9.36. The van der Waals surface area contributed by atoms with Gasteiger partial charge in [-0.25, -0.2) is 4.79 Å². The molecule has 1 aliphatic rings. The summed E-state index contributed by atoms with van der Waals surface area (Å²) in [6.45, 7) is 3.15. The van der Waals surface area contributed by atoms with Gasteiger partial charge in [-0.05, 0) is 24.1 Å². The van der Waals surface area contributed by atoms with Crippen molar-refractivity contribution in [2.45, 2.75) is 57.3 Å². The molecule has 0 radical (unpaired) electrons. The number of aliphatic hydroxyl groups is 1. The molecular weight excluding hydrogens is 382 g/mol. The third kappa shape index (κ3) is 6.43. The largest absolute Gasteiger partial charge is 0.459 e. The number of hydrogen-bond acceptors (Lipinski definition) is 8. The highest BCUT2D eigenvalue weighted by Gasteiger charge is 2.47. The van der Waals surface area contributed by atoms with E-state index in [0.29, 0.717) is 12.2 Å². The lowest BCUT2D eigenvalue weighted by molar-refractivity contribution is -0.275. The zero-order valence-electron chi connectivity index (χ0n) is 16.3. The van der Waals surface area contributed by atoms with Gasteiger partial charge in [-0.2, -0.15) is 0 Å². The molecule has 2 unspecified atom stereocenters. The van der Waals surface area contributed by atoms with Crippen molar-refractivity contribution in [1.82, 2.24) is 0 Å². The lowest BCUT2D eigenvalue weighted by Gasteiger charge is -2.41. The van der Waals surface area contributed by atoms with Crippen molar-refractivity contribution in [3.63, 3.8) is 0 Å². The molecule has 0 amide bonds. The minimum Gasteiger partial charge on any atom is -0.459 e. The Balaban J connectivity index is 2.13. The van der Waals surface area contributed by atoms with Gasteiger partial charge in [-0.3, -0.25) is 4.79 Å². The lowest BCUT2D eigenvalue weighted by atomic mass is 9.97. The van der Waals surface area contributed by atoms with E-state index in [9.17, 15) is 14.7 Å². The molecule has 0 aromatic heterocycles. The highest BCUT2D eigenvalue weighted by molar-refractivity contribution is 5.89. The van der Waals surface area contributed by atoms with E-state index in [1.165, 1.54) is 6.92 Å². The van der Waals surface area contributed by atoms with Crippen LogP contribution in [0.5, 0.6) is 0 Å². The fourth-order valence-corrected chi connectivity index (χ4v) is 2.85. The van der Waals surface area contributed by atoms with Crippen LogP contribution in [0.15, 0.2) is 35.4 Å². The molecule has 0 spiro atoms. The maximum absolute atomic E-state index is 12.1. The van der Waals surface area contributed by atoms with E-state index in [1.807, 2.05) is 6.92 Å². The average molecular weight is 407 g/mol. The van der Waals surface area contributed by atoms with Crippen LogP contribution in [0.2, 0.25) is 0 Å². The first kappa shape index (κ1) is 22.6. The summed E-state index contributed by atoms with van der Waals surface area (Å²) < 4.78 is 21.7. The standard InChI is InChI=1S/C19H25N3O7/c1-3-4-10-26-17-15(21-22-20)16(24)14(29-19(17)28-12(2)23)11-27-18(25)13-8-6-5-7-9-13/h5-9,14-17,19,24H,3-4,10-11H2,1-2H3/t14?,15-,16-,17?,19-/m0/s1. The van der Waals surface area contributed by atoms with Crippen molar-refractivity contribution in [3.05, 3.63) is 46.3 Å². The molecule has 1 aromatic rings. The Kier molecular flexibility index (Phi) is 8.88. The van der Waals surface area contributed by atoms with Gasteiger partial charge in [0, 0.05) is 18.4 Å². The van der Waals surface area contributed by atoms with Crippen LogP contribution in [0.4, 0.5) is 0 Å². The number of unbranched alkanes of at least 4 members (excludes halogenated alkanes) is 1. The minimum absolute atomic E-state index is 0.306. The van der Waals surface area contributed by atoms with E-state index < -0.39 is 42.6 Å². The lowest BCUT2D eigenvalue weighted by Crippen LogP contribution is -2.59. The fraction of sp³-hybridized carbons (Fsp3) is 0.579. The highest BCUT2D eigenvalue weighted by Crippen LogP contribution is 2.28.